The van der Waals surface area contributed by atoms with Gasteiger partial charge >= 0.3 is 0 Å². The number of benzene rings is 2. The average molecular weight is 370 g/mol. The van der Waals surface area contributed by atoms with E-state index in [0.717, 1.165) is 29.7 Å². The van der Waals surface area contributed by atoms with Crippen LogP contribution in [0, 0.1) is 5.82 Å². The summed E-state index contributed by atoms with van der Waals surface area (Å²) in [6.07, 6.45) is 3.51. The lowest BCUT2D eigenvalue weighted by Gasteiger charge is -2.25. The number of hydrogen-bond acceptors (Lipinski definition) is 2. The molecule has 3 aromatic rings. The number of hydrogen-bond donors (Lipinski definition) is 1. The van der Waals surface area contributed by atoms with Gasteiger partial charge in [0.15, 0.2) is 0 Å². The molecule has 4 rings (SSSR count). The van der Waals surface area contributed by atoms with E-state index in [-0.39, 0.29) is 17.8 Å². The van der Waals surface area contributed by atoms with E-state index >= 15 is 0 Å². The predicted octanol–water partition coefficient (Wildman–Crippen LogP) is 4.85. The molecule has 1 aliphatic heterocycles. The Labute approximate surface area is 155 Å². The van der Waals surface area contributed by atoms with Gasteiger partial charge in [-0.15, -0.1) is 0 Å². The zero-order valence-electron chi connectivity index (χ0n) is 14.0. The molecule has 0 unspecified atom stereocenters. The molecule has 6 heteroatoms. The lowest BCUT2D eigenvalue weighted by molar-refractivity contribution is 0.0733. The fourth-order valence-electron chi connectivity index (χ4n) is 3.48. The SMILES string of the molecule is O=C(c1ccc(Cl)cc1)N1CCC[C@H]1c1[nH]ncc1-c1ccc(F)cc1. The highest BCUT2D eigenvalue weighted by Gasteiger charge is 2.33. The third kappa shape index (κ3) is 3.10. The second-order valence-electron chi connectivity index (χ2n) is 6.37. The summed E-state index contributed by atoms with van der Waals surface area (Å²) >= 11 is 5.92. The Morgan fingerprint density at radius 2 is 1.88 bits per heavy atom. The van der Waals surface area contributed by atoms with Gasteiger partial charge in [0.05, 0.1) is 17.9 Å². The van der Waals surface area contributed by atoms with E-state index in [1.165, 1.54) is 12.1 Å². The van der Waals surface area contributed by atoms with Crippen molar-refractivity contribution >= 4 is 17.5 Å². The number of carbonyl (C=O) groups excluding carboxylic acids is 1. The molecule has 0 spiro atoms. The first-order valence-corrected chi connectivity index (χ1v) is 8.87. The number of likely N-dealkylation sites (tertiary alicyclic amines) is 1. The van der Waals surface area contributed by atoms with Crippen molar-refractivity contribution < 1.29 is 9.18 Å². The Balaban J connectivity index is 1.65. The molecule has 1 aliphatic rings. The summed E-state index contributed by atoms with van der Waals surface area (Å²) in [4.78, 5) is 14.8. The minimum Gasteiger partial charge on any atom is -0.330 e. The highest BCUT2D eigenvalue weighted by atomic mass is 35.5. The highest BCUT2D eigenvalue weighted by molar-refractivity contribution is 6.30. The Morgan fingerprint density at radius 1 is 1.15 bits per heavy atom. The average Bonchev–Trinajstić information content (AvgIpc) is 3.31. The Hall–Kier alpha value is -2.66. The second kappa shape index (κ2) is 6.92. The summed E-state index contributed by atoms with van der Waals surface area (Å²) in [5, 5.41) is 7.82. The van der Waals surface area contributed by atoms with Crippen molar-refractivity contribution in [3.05, 3.63) is 76.8 Å². The Kier molecular flexibility index (Phi) is 4.47. The van der Waals surface area contributed by atoms with Gasteiger partial charge in [-0.25, -0.2) is 4.39 Å². The lowest BCUT2D eigenvalue weighted by atomic mass is 10.0. The third-order valence-electron chi connectivity index (χ3n) is 4.76. The largest absolute Gasteiger partial charge is 0.330 e. The van der Waals surface area contributed by atoms with Crippen LogP contribution in [-0.4, -0.2) is 27.5 Å². The normalized spacial score (nSPS) is 16.8. The van der Waals surface area contributed by atoms with E-state index in [2.05, 4.69) is 10.2 Å². The van der Waals surface area contributed by atoms with Crippen LogP contribution < -0.4 is 0 Å². The number of nitrogens with one attached hydrogen (secondary N) is 1. The van der Waals surface area contributed by atoms with Crippen molar-refractivity contribution in [2.45, 2.75) is 18.9 Å². The fraction of sp³-hybridized carbons (Fsp3) is 0.200. The summed E-state index contributed by atoms with van der Waals surface area (Å²) in [5.41, 5.74) is 3.27. The minimum atomic E-state index is -0.279. The van der Waals surface area contributed by atoms with Crippen molar-refractivity contribution in [1.82, 2.24) is 15.1 Å². The first-order chi connectivity index (χ1) is 12.6. The molecule has 1 fully saturated rings. The van der Waals surface area contributed by atoms with Gasteiger partial charge in [-0.05, 0) is 54.8 Å². The summed E-state index contributed by atoms with van der Waals surface area (Å²) < 4.78 is 13.2. The van der Waals surface area contributed by atoms with E-state index in [1.807, 2.05) is 4.90 Å². The number of aromatic nitrogens is 2. The number of amides is 1. The number of nitrogens with zero attached hydrogens (tertiary/aromatic N) is 2. The molecule has 26 heavy (non-hydrogen) atoms. The summed E-state index contributed by atoms with van der Waals surface area (Å²) in [7, 11) is 0. The molecule has 2 aromatic carbocycles. The molecule has 1 saturated heterocycles. The van der Waals surface area contributed by atoms with Gasteiger partial charge in [-0.3, -0.25) is 9.89 Å². The first kappa shape index (κ1) is 16.8. The summed E-state index contributed by atoms with van der Waals surface area (Å²) in [6.45, 7) is 0.688. The molecular formula is C20H17ClFN3O. The smallest absolute Gasteiger partial charge is 0.254 e. The zero-order valence-corrected chi connectivity index (χ0v) is 14.7. The summed E-state index contributed by atoms with van der Waals surface area (Å²) in [5.74, 6) is -0.303. The van der Waals surface area contributed by atoms with Gasteiger partial charge in [0.1, 0.15) is 5.82 Å². The number of carbonyl (C=O) groups is 1. The van der Waals surface area contributed by atoms with E-state index in [0.29, 0.717) is 17.1 Å². The maximum absolute atomic E-state index is 13.2. The van der Waals surface area contributed by atoms with Crippen LogP contribution in [0.5, 0.6) is 0 Å². The van der Waals surface area contributed by atoms with Gasteiger partial charge in [0, 0.05) is 22.7 Å². The van der Waals surface area contributed by atoms with Crippen LogP contribution in [0.2, 0.25) is 5.02 Å². The number of aromatic amines is 1. The van der Waals surface area contributed by atoms with Crippen LogP contribution in [0.25, 0.3) is 11.1 Å². The van der Waals surface area contributed by atoms with Crippen LogP contribution in [0.4, 0.5) is 4.39 Å². The molecule has 0 aliphatic carbocycles. The molecule has 1 atom stereocenters. The van der Waals surface area contributed by atoms with E-state index in [1.54, 1.807) is 42.6 Å². The number of H-pyrrole nitrogens is 1. The van der Waals surface area contributed by atoms with Gasteiger partial charge < -0.3 is 4.90 Å². The van der Waals surface area contributed by atoms with E-state index < -0.39 is 0 Å². The van der Waals surface area contributed by atoms with Gasteiger partial charge in [0.2, 0.25) is 0 Å². The van der Waals surface area contributed by atoms with E-state index in [9.17, 15) is 9.18 Å². The molecule has 1 N–H and O–H groups in total. The quantitative estimate of drug-likeness (QED) is 0.717. The molecule has 132 valence electrons. The standard InChI is InChI=1S/C20H17ClFN3O/c21-15-7-3-14(4-8-15)20(26)25-11-1-2-18(25)19-17(12-23-24-19)13-5-9-16(22)10-6-13/h3-10,12,18H,1-2,11H2,(H,23,24)/t18-/m0/s1. The lowest BCUT2D eigenvalue weighted by Crippen LogP contribution is -2.31. The Morgan fingerprint density at radius 3 is 2.62 bits per heavy atom. The maximum Gasteiger partial charge on any atom is 0.254 e. The zero-order chi connectivity index (χ0) is 18.1. The highest BCUT2D eigenvalue weighted by Crippen LogP contribution is 2.37. The number of halogens is 2. The Bertz CT molecular complexity index is 921. The van der Waals surface area contributed by atoms with Gasteiger partial charge in [-0.1, -0.05) is 23.7 Å². The van der Waals surface area contributed by atoms with Crippen LogP contribution in [0.15, 0.2) is 54.7 Å². The van der Waals surface area contributed by atoms with E-state index in [4.69, 9.17) is 11.6 Å². The molecule has 1 aromatic heterocycles. The van der Waals surface area contributed by atoms with Crippen molar-refractivity contribution in [2.75, 3.05) is 6.54 Å². The van der Waals surface area contributed by atoms with Crippen LogP contribution in [-0.2, 0) is 0 Å². The van der Waals surface area contributed by atoms with Crippen molar-refractivity contribution in [3.8, 4) is 11.1 Å². The molecule has 0 radical (unpaired) electrons. The van der Waals surface area contributed by atoms with Gasteiger partial charge in [-0.2, -0.15) is 5.10 Å². The maximum atomic E-state index is 13.2. The first-order valence-electron chi connectivity index (χ1n) is 8.49. The molecule has 0 saturated carbocycles. The van der Waals surface area contributed by atoms with Crippen molar-refractivity contribution in [2.24, 2.45) is 0 Å². The van der Waals surface area contributed by atoms with Crippen LogP contribution >= 0.6 is 11.6 Å². The topological polar surface area (TPSA) is 49.0 Å². The number of rotatable bonds is 3. The molecular weight excluding hydrogens is 353 g/mol. The molecule has 0 bridgehead atoms. The molecule has 1 amide bonds. The minimum absolute atomic E-state index is 0.0242. The van der Waals surface area contributed by atoms with Crippen LogP contribution in [0.1, 0.15) is 34.9 Å². The van der Waals surface area contributed by atoms with Crippen molar-refractivity contribution in [1.29, 1.82) is 0 Å². The monoisotopic (exact) mass is 369 g/mol. The van der Waals surface area contributed by atoms with Crippen molar-refractivity contribution in [3.63, 3.8) is 0 Å². The molecule has 2 heterocycles. The fourth-order valence-corrected chi connectivity index (χ4v) is 3.60. The predicted molar refractivity (Wildman–Crippen MR) is 98.4 cm³/mol. The third-order valence-corrected chi connectivity index (χ3v) is 5.01. The second-order valence-corrected chi connectivity index (χ2v) is 6.80. The molecule has 4 nitrogen and oxygen atoms in total. The summed E-state index contributed by atoms with van der Waals surface area (Å²) in [6, 6.07) is 13.2. The van der Waals surface area contributed by atoms with Crippen LogP contribution in [0.3, 0.4) is 0 Å². The van der Waals surface area contributed by atoms with Gasteiger partial charge in [0.25, 0.3) is 5.91 Å².